The molecule has 15 heavy (non-hydrogen) atoms. The molecular weight excluding hydrogens is 182 g/mol. The average Bonchev–Trinajstić information content (AvgIpc) is 2.17. The minimum Gasteiger partial charge on any atom is -0.324 e. The van der Waals surface area contributed by atoms with Crippen LogP contribution in [0.2, 0.25) is 0 Å². The van der Waals surface area contributed by atoms with Crippen molar-refractivity contribution in [2.75, 3.05) is 0 Å². The Morgan fingerprint density at radius 1 is 0.933 bits per heavy atom. The van der Waals surface area contributed by atoms with Crippen molar-refractivity contribution in [1.29, 1.82) is 0 Å². The van der Waals surface area contributed by atoms with E-state index in [1.54, 1.807) is 0 Å². The minimum atomic E-state index is 0.186. The lowest BCUT2D eigenvalue weighted by Crippen LogP contribution is -2.12. The van der Waals surface area contributed by atoms with E-state index in [1.165, 1.54) is 11.1 Å². The van der Waals surface area contributed by atoms with Gasteiger partial charge in [-0.2, -0.15) is 0 Å². The van der Waals surface area contributed by atoms with Crippen molar-refractivity contribution in [3.8, 4) is 0 Å². The van der Waals surface area contributed by atoms with Crippen LogP contribution in [0, 0.1) is 5.92 Å². The summed E-state index contributed by atoms with van der Waals surface area (Å²) in [5, 5.41) is 0. The van der Waals surface area contributed by atoms with Gasteiger partial charge in [-0.05, 0) is 29.4 Å². The van der Waals surface area contributed by atoms with Gasteiger partial charge in [0.05, 0.1) is 0 Å². The number of hydrogen-bond acceptors (Lipinski definition) is 1. The molecule has 0 unspecified atom stereocenters. The second-order valence-corrected chi connectivity index (χ2v) is 5.06. The molecule has 0 aromatic heterocycles. The predicted octanol–water partition coefficient (Wildman–Crippen LogP) is 3.86. The van der Waals surface area contributed by atoms with Gasteiger partial charge < -0.3 is 5.73 Å². The molecule has 2 N–H and O–H groups in total. The SMILES string of the molecule is CC(C)C[C@@H](N)c1ccc(C(C)C)cc1. The van der Waals surface area contributed by atoms with Crippen LogP contribution in [0.4, 0.5) is 0 Å². The summed E-state index contributed by atoms with van der Waals surface area (Å²) in [5.74, 6) is 1.25. The zero-order valence-electron chi connectivity index (χ0n) is 10.3. The summed E-state index contributed by atoms with van der Waals surface area (Å²) in [7, 11) is 0. The van der Waals surface area contributed by atoms with Crippen LogP contribution in [0.1, 0.15) is 57.2 Å². The molecule has 0 spiro atoms. The summed E-state index contributed by atoms with van der Waals surface area (Å²) in [6.45, 7) is 8.84. The molecule has 1 rings (SSSR count). The minimum absolute atomic E-state index is 0.186. The molecule has 0 saturated heterocycles. The highest BCUT2D eigenvalue weighted by Gasteiger charge is 2.08. The van der Waals surface area contributed by atoms with Crippen LogP contribution in [0.25, 0.3) is 0 Å². The first kappa shape index (κ1) is 12.3. The molecule has 0 amide bonds. The van der Waals surface area contributed by atoms with Crippen LogP contribution in [0.15, 0.2) is 24.3 Å². The summed E-state index contributed by atoms with van der Waals surface area (Å²) < 4.78 is 0. The Morgan fingerprint density at radius 3 is 1.80 bits per heavy atom. The van der Waals surface area contributed by atoms with E-state index in [0.29, 0.717) is 11.8 Å². The van der Waals surface area contributed by atoms with E-state index in [9.17, 15) is 0 Å². The predicted molar refractivity (Wildman–Crippen MR) is 66.9 cm³/mol. The molecule has 0 bridgehead atoms. The summed E-state index contributed by atoms with van der Waals surface area (Å²) in [4.78, 5) is 0. The maximum atomic E-state index is 6.12. The number of rotatable bonds is 4. The lowest BCUT2D eigenvalue weighted by molar-refractivity contribution is 0.510. The van der Waals surface area contributed by atoms with Gasteiger partial charge in [0, 0.05) is 6.04 Å². The van der Waals surface area contributed by atoms with E-state index in [2.05, 4.69) is 52.0 Å². The second kappa shape index (κ2) is 5.32. The van der Waals surface area contributed by atoms with Crippen molar-refractivity contribution in [2.45, 2.75) is 46.1 Å². The Morgan fingerprint density at radius 2 is 1.40 bits per heavy atom. The first-order valence-electron chi connectivity index (χ1n) is 5.86. The largest absolute Gasteiger partial charge is 0.324 e. The van der Waals surface area contributed by atoms with Crippen molar-refractivity contribution in [2.24, 2.45) is 11.7 Å². The Balaban J connectivity index is 2.71. The van der Waals surface area contributed by atoms with Gasteiger partial charge in [-0.1, -0.05) is 52.0 Å². The van der Waals surface area contributed by atoms with Crippen LogP contribution in [0.5, 0.6) is 0 Å². The molecule has 0 radical (unpaired) electrons. The molecule has 0 fully saturated rings. The fourth-order valence-corrected chi connectivity index (χ4v) is 1.77. The molecule has 1 aromatic carbocycles. The highest BCUT2D eigenvalue weighted by atomic mass is 14.6. The van der Waals surface area contributed by atoms with Gasteiger partial charge in [-0.15, -0.1) is 0 Å². The van der Waals surface area contributed by atoms with E-state index in [0.717, 1.165) is 6.42 Å². The van der Waals surface area contributed by atoms with Crippen molar-refractivity contribution in [1.82, 2.24) is 0 Å². The van der Waals surface area contributed by atoms with E-state index >= 15 is 0 Å². The fraction of sp³-hybridized carbons (Fsp3) is 0.571. The zero-order chi connectivity index (χ0) is 11.4. The Kier molecular flexibility index (Phi) is 4.34. The van der Waals surface area contributed by atoms with Crippen molar-refractivity contribution < 1.29 is 0 Å². The molecule has 1 nitrogen and oxygen atoms in total. The van der Waals surface area contributed by atoms with Crippen LogP contribution < -0.4 is 5.73 Å². The number of benzene rings is 1. The summed E-state index contributed by atoms with van der Waals surface area (Å²) >= 11 is 0. The van der Waals surface area contributed by atoms with Gasteiger partial charge in [0.25, 0.3) is 0 Å². The maximum Gasteiger partial charge on any atom is 0.0297 e. The van der Waals surface area contributed by atoms with Crippen molar-refractivity contribution in [3.63, 3.8) is 0 Å². The summed E-state index contributed by atoms with van der Waals surface area (Å²) in [5.41, 5.74) is 8.76. The zero-order valence-corrected chi connectivity index (χ0v) is 10.3. The van der Waals surface area contributed by atoms with Crippen LogP contribution in [-0.2, 0) is 0 Å². The summed E-state index contributed by atoms with van der Waals surface area (Å²) in [6, 6.07) is 8.91. The molecule has 1 aromatic rings. The standard InChI is InChI=1S/C14H23N/c1-10(2)9-14(15)13-7-5-12(6-8-13)11(3)4/h5-8,10-11,14H,9,15H2,1-4H3/t14-/m1/s1. The third-order valence-corrected chi connectivity index (χ3v) is 2.76. The molecule has 0 aliphatic heterocycles. The van der Waals surface area contributed by atoms with Gasteiger partial charge >= 0.3 is 0 Å². The van der Waals surface area contributed by atoms with Crippen molar-refractivity contribution in [3.05, 3.63) is 35.4 Å². The van der Waals surface area contributed by atoms with Gasteiger partial charge in [0.2, 0.25) is 0 Å². The molecule has 0 saturated carbocycles. The second-order valence-electron chi connectivity index (χ2n) is 5.06. The van der Waals surface area contributed by atoms with Crippen LogP contribution in [-0.4, -0.2) is 0 Å². The Hall–Kier alpha value is -0.820. The summed E-state index contributed by atoms with van der Waals surface area (Å²) in [6.07, 6.45) is 1.06. The van der Waals surface area contributed by atoms with E-state index in [4.69, 9.17) is 5.73 Å². The van der Waals surface area contributed by atoms with Crippen LogP contribution in [0.3, 0.4) is 0 Å². The maximum absolute atomic E-state index is 6.12. The van der Waals surface area contributed by atoms with Gasteiger partial charge in [-0.3, -0.25) is 0 Å². The van der Waals surface area contributed by atoms with Gasteiger partial charge in [-0.25, -0.2) is 0 Å². The monoisotopic (exact) mass is 205 g/mol. The molecule has 0 aliphatic rings. The highest BCUT2D eigenvalue weighted by Crippen LogP contribution is 2.21. The quantitative estimate of drug-likeness (QED) is 0.793. The molecule has 1 heteroatoms. The first-order chi connectivity index (χ1) is 7.00. The van der Waals surface area contributed by atoms with Gasteiger partial charge in [0.15, 0.2) is 0 Å². The number of nitrogens with two attached hydrogens (primary N) is 1. The third kappa shape index (κ3) is 3.67. The Bertz CT molecular complexity index is 285. The Labute approximate surface area is 93.7 Å². The topological polar surface area (TPSA) is 26.0 Å². The molecule has 84 valence electrons. The normalized spacial score (nSPS) is 13.5. The van der Waals surface area contributed by atoms with E-state index < -0.39 is 0 Å². The fourth-order valence-electron chi connectivity index (χ4n) is 1.77. The van der Waals surface area contributed by atoms with Crippen molar-refractivity contribution >= 4 is 0 Å². The average molecular weight is 205 g/mol. The third-order valence-electron chi connectivity index (χ3n) is 2.76. The lowest BCUT2D eigenvalue weighted by atomic mass is 9.95. The van der Waals surface area contributed by atoms with E-state index in [1.807, 2.05) is 0 Å². The highest BCUT2D eigenvalue weighted by molar-refractivity contribution is 5.26. The first-order valence-corrected chi connectivity index (χ1v) is 5.86. The lowest BCUT2D eigenvalue weighted by Gasteiger charge is -2.15. The van der Waals surface area contributed by atoms with Gasteiger partial charge in [0.1, 0.15) is 0 Å². The van der Waals surface area contributed by atoms with E-state index in [-0.39, 0.29) is 6.04 Å². The van der Waals surface area contributed by atoms with Crippen LogP contribution >= 0.6 is 0 Å². The molecule has 0 heterocycles. The smallest absolute Gasteiger partial charge is 0.0297 e. The molecular formula is C14H23N. The number of hydrogen-bond donors (Lipinski definition) is 1. The molecule has 1 atom stereocenters. The molecule has 0 aliphatic carbocycles.